The number of hydrogen-bond donors (Lipinski definition) is 3. The lowest BCUT2D eigenvalue weighted by Crippen LogP contribution is -2.63. The van der Waals surface area contributed by atoms with Crippen LogP contribution in [0.15, 0.2) is 51.0 Å². The van der Waals surface area contributed by atoms with E-state index in [1.165, 1.54) is 0 Å². The normalized spacial score (nSPS) is 28.6. The molecule has 0 aromatic rings. The van der Waals surface area contributed by atoms with Crippen molar-refractivity contribution in [3.05, 3.63) is 35.7 Å². The zero-order valence-electron chi connectivity index (χ0n) is 88.7. The number of rotatable bonds is 28. The third-order valence-electron chi connectivity index (χ3n) is 34.8. The Labute approximate surface area is 774 Å². The van der Waals surface area contributed by atoms with E-state index in [0.29, 0.717) is 17.7 Å². The van der Waals surface area contributed by atoms with Gasteiger partial charge in [-0.05, 0) is 368 Å². The van der Waals surface area contributed by atoms with Crippen molar-refractivity contribution in [1.29, 1.82) is 0 Å². The molecule has 26 nitrogen and oxygen atoms in total. The van der Waals surface area contributed by atoms with Crippen LogP contribution in [0.1, 0.15) is 376 Å². The zero-order chi connectivity index (χ0) is 94.6. The van der Waals surface area contributed by atoms with Crippen molar-refractivity contribution in [3.63, 3.8) is 0 Å². The summed E-state index contributed by atoms with van der Waals surface area (Å²) in [5.41, 5.74) is 10.3. The molecule has 11 rings (SSSR count). The van der Waals surface area contributed by atoms with Crippen molar-refractivity contribution < 1.29 is 28.7 Å². The molecule has 0 aromatic carbocycles. The molecule has 11 aliphatic rings. The van der Waals surface area contributed by atoms with Gasteiger partial charge in [-0.1, -0.05) is 56.8 Å². The van der Waals surface area contributed by atoms with Crippen LogP contribution in [0.5, 0.6) is 0 Å². The minimum absolute atomic E-state index is 0.0359. The van der Waals surface area contributed by atoms with Gasteiger partial charge in [-0.2, -0.15) is 0 Å². The summed E-state index contributed by atoms with van der Waals surface area (Å²) in [7, 11) is 18.2. The monoisotopic (exact) mass is 1780 g/mol. The average molecular weight is 1780 g/mol. The highest BCUT2D eigenvalue weighted by Crippen LogP contribution is 2.49. The van der Waals surface area contributed by atoms with Crippen molar-refractivity contribution in [2.45, 2.75) is 513 Å². The Morgan fingerprint density at radius 1 is 0.244 bits per heavy atom. The molecular formula is C101H190N20O6. The molecule has 11 heterocycles. The highest BCUT2D eigenvalue weighted by Gasteiger charge is 2.54. The Morgan fingerprint density at radius 2 is 0.417 bits per heavy atom. The van der Waals surface area contributed by atoms with E-state index in [0.717, 1.165) is 198 Å². The molecule has 8 saturated heterocycles. The molecule has 0 saturated carbocycles. The maximum Gasteiger partial charge on any atom is 0.239 e. The summed E-state index contributed by atoms with van der Waals surface area (Å²) in [6.45, 7) is 79.2. The Bertz CT molecular complexity index is 3610. The van der Waals surface area contributed by atoms with E-state index in [4.69, 9.17) is 44.0 Å². The number of hydrogen-bond acceptors (Lipinski definition) is 26. The topological polar surface area (TPSA) is 174 Å². The number of ether oxygens (including phenoxy) is 3. The molecular weight excluding hydrogens is 1590 g/mol. The van der Waals surface area contributed by atoms with Gasteiger partial charge in [0.15, 0.2) is 0 Å². The zero-order valence-corrected chi connectivity index (χ0v) is 88.7. The van der Waals surface area contributed by atoms with E-state index in [9.17, 15) is 0 Å². The maximum absolute atomic E-state index is 7.29. The molecule has 0 aliphatic carbocycles. The molecule has 0 amide bonds. The number of likely N-dealkylation sites (tertiary alicyclic amines) is 8. The third kappa shape index (κ3) is 23.8. The van der Waals surface area contributed by atoms with Gasteiger partial charge in [-0.25, -0.2) is 30.8 Å². The molecule has 0 bridgehead atoms. The second-order valence-corrected chi connectivity index (χ2v) is 51.7. The highest BCUT2D eigenvalue weighted by atomic mass is 16.8. The smallest absolute Gasteiger partial charge is 0.239 e. The van der Waals surface area contributed by atoms with Crippen molar-refractivity contribution >= 4 is 17.7 Å². The largest absolute Gasteiger partial charge is 0.473 e. The summed E-state index contributed by atoms with van der Waals surface area (Å²) in [5, 5.41) is 20.8. The summed E-state index contributed by atoms with van der Waals surface area (Å²) < 4.78 is 21.8. The molecule has 0 aromatic heterocycles. The molecule has 0 radical (unpaired) electrons. The molecule has 11 aliphatic heterocycles. The molecule has 3 N–H and O–H groups in total. The second kappa shape index (κ2) is 36.9. The first-order valence-corrected chi connectivity index (χ1v) is 49.8. The minimum atomic E-state index is -0.100. The van der Waals surface area contributed by atoms with Crippen LogP contribution in [-0.2, 0) is 28.7 Å². The molecule has 26 heteroatoms. The van der Waals surface area contributed by atoms with E-state index in [-0.39, 0.29) is 137 Å². The number of nitrogens with one attached hydrogen (secondary N) is 3. The van der Waals surface area contributed by atoms with Crippen LogP contribution in [0.25, 0.3) is 0 Å². The number of nitrogens with zero attached hydrogens (tertiary/aromatic N) is 17. The van der Waals surface area contributed by atoms with Gasteiger partial charge in [-0.3, -0.25) is 39.2 Å². The molecule has 0 atom stereocenters. The standard InChI is InChI=1S/C101H190N20O6/c1-86(2)56-72(57-87(3,4)108(86)33)117(81-54-84(123-75-62-92(13,14)111(36)93(15,16)63-75)106-120(103-81)126-78-68-98(25,26)114(39)99(27,28)69-78)51-47-43-41-45-49-116(80-53-83(122-74-60-90(9,10)110(35)91(11,12)61-74)105-119(102-80)125-77-66-96(21,22)113(38)97(23,24)67-77)50-46-42-44-48-52-118(73-58-88(5,6)109(34)89(7,8)59-73)82-55-85(124-76-64-94(17,18)112(37)95(19,20)65-76)107-121(104-82)127-79-70-100(29,30)115(40)101(31,32)71-79/h53-55,72-79,102-104H,41-52,56-71H2,1-40H3. The van der Waals surface area contributed by atoms with E-state index in [1.54, 1.807) is 15.8 Å². The fourth-order valence-corrected chi connectivity index (χ4v) is 25.3. The van der Waals surface area contributed by atoms with Crippen LogP contribution in [-0.4, -0.2) is 307 Å². The van der Waals surface area contributed by atoms with Gasteiger partial charge in [0.1, 0.15) is 35.8 Å². The first-order chi connectivity index (χ1) is 58.0. The molecule has 0 spiro atoms. The quantitative estimate of drug-likeness (QED) is 0.0631. The van der Waals surface area contributed by atoms with Gasteiger partial charge in [0.2, 0.25) is 17.7 Å². The van der Waals surface area contributed by atoms with Gasteiger partial charge in [0, 0.05) is 184 Å². The summed E-state index contributed by atoms with van der Waals surface area (Å²) in [4.78, 5) is 49.8. The summed E-state index contributed by atoms with van der Waals surface area (Å²) in [5.74, 6) is 4.72. The van der Waals surface area contributed by atoms with Crippen LogP contribution in [0.4, 0.5) is 0 Å². The summed E-state index contributed by atoms with van der Waals surface area (Å²) in [6, 6.07) is 0.443. The lowest BCUT2D eigenvalue weighted by Gasteiger charge is -2.56. The first-order valence-electron chi connectivity index (χ1n) is 49.8. The van der Waals surface area contributed by atoms with E-state index < -0.39 is 0 Å². The molecule has 730 valence electrons. The lowest BCUT2D eigenvalue weighted by atomic mass is 9.77. The van der Waals surface area contributed by atoms with Crippen molar-refractivity contribution in [2.75, 3.05) is 82.6 Å². The first kappa shape index (κ1) is 103. The van der Waals surface area contributed by atoms with Gasteiger partial charge >= 0.3 is 0 Å². The predicted octanol–water partition coefficient (Wildman–Crippen LogP) is 18.0. The molecule has 127 heavy (non-hydrogen) atoms. The fraction of sp³-hybridized carbons (Fsp3) is 0.911. The Balaban J connectivity index is 0.878. The van der Waals surface area contributed by atoms with Gasteiger partial charge in [-0.15, -0.1) is 0 Å². The minimum Gasteiger partial charge on any atom is -0.473 e. The van der Waals surface area contributed by atoms with Crippen molar-refractivity contribution in [1.82, 2.24) is 86.0 Å². The predicted molar refractivity (Wildman–Crippen MR) is 521 cm³/mol. The highest BCUT2D eigenvalue weighted by molar-refractivity contribution is 5.89. The molecule has 8 fully saturated rings. The second-order valence-electron chi connectivity index (χ2n) is 51.7. The number of hydrazine groups is 3. The maximum atomic E-state index is 7.29. The van der Waals surface area contributed by atoms with Crippen LogP contribution < -0.4 is 16.3 Å². The molecule has 0 unspecified atom stereocenters. The van der Waals surface area contributed by atoms with Crippen LogP contribution >= 0.6 is 0 Å². The van der Waals surface area contributed by atoms with Crippen LogP contribution in [0.3, 0.4) is 0 Å². The van der Waals surface area contributed by atoms with E-state index in [1.807, 2.05) is 0 Å². The van der Waals surface area contributed by atoms with Gasteiger partial charge < -0.3 is 28.9 Å². The third-order valence-corrected chi connectivity index (χ3v) is 34.8. The van der Waals surface area contributed by atoms with Crippen LogP contribution in [0, 0.1) is 0 Å². The lowest BCUT2D eigenvalue weighted by molar-refractivity contribution is -0.256. The van der Waals surface area contributed by atoms with Gasteiger partial charge in [0.05, 0.1) is 18.3 Å². The van der Waals surface area contributed by atoms with E-state index in [2.05, 4.69) is 366 Å². The SMILES string of the molecule is CN1C(C)(C)CC(OC2=NN(OC3CC(C)(C)N(C)C(C)(C)C3)NC(N(CCCCCCN(C3=CC(OC4CC(C)(C)N(C)C(C)(C)C4)=NN(OC4CC(C)(C)N(C)C(C)(C)C4)N3)C3CC(C)(C)N(C)C(C)(C)C3)CCCCCCN(C3=CC(OC4CC(C)(C)N(C)C(C)(C)C4)=NN(OC4CC(C)(C)N(C)C(C)(C)C4)N3)C3CC(C)(C)N(C)C(C)(C)C3)=C2)CC1(C)C. The average Bonchev–Trinajstić information content (AvgIpc) is 0.751. The number of piperidine rings is 8. The Morgan fingerprint density at radius 3 is 0.630 bits per heavy atom. The van der Waals surface area contributed by atoms with Crippen molar-refractivity contribution in [3.8, 4) is 0 Å². The fourth-order valence-electron chi connectivity index (χ4n) is 25.3. The Hall–Kier alpha value is -4.61. The number of hydrazone groups is 3. The number of unbranched alkanes of at least 4 members (excludes halogenated alkanes) is 6. The van der Waals surface area contributed by atoms with Crippen molar-refractivity contribution in [2.24, 2.45) is 15.3 Å². The van der Waals surface area contributed by atoms with Crippen LogP contribution in [0.2, 0.25) is 0 Å². The Kier molecular flexibility index (Phi) is 29.9. The van der Waals surface area contributed by atoms with E-state index >= 15 is 0 Å². The summed E-state index contributed by atoms with van der Waals surface area (Å²) >= 11 is 0. The van der Waals surface area contributed by atoms with Gasteiger partial charge in [0.25, 0.3) is 0 Å². The summed E-state index contributed by atoms with van der Waals surface area (Å²) in [6.07, 6.45) is 28.9.